The maximum Gasteiger partial charge on any atom is 0.220 e. The molecule has 5 atom stereocenters. The van der Waals surface area contributed by atoms with Crippen LogP contribution < -0.4 is 10.1 Å². The van der Waals surface area contributed by atoms with Crippen molar-refractivity contribution in [2.45, 2.75) is 89.1 Å². The van der Waals surface area contributed by atoms with E-state index in [4.69, 9.17) is 4.74 Å². The second-order valence-corrected chi connectivity index (χ2v) is 9.83. The molecule has 1 aliphatic heterocycles. The third-order valence-corrected chi connectivity index (χ3v) is 7.24. The van der Waals surface area contributed by atoms with E-state index in [9.17, 15) is 15.0 Å². The summed E-state index contributed by atoms with van der Waals surface area (Å²) >= 11 is 0. The Morgan fingerprint density at radius 3 is 2.86 bits per heavy atom. The first kappa shape index (κ1) is 25.4. The quantitative estimate of drug-likeness (QED) is 0.310. The van der Waals surface area contributed by atoms with Gasteiger partial charge in [0.15, 0.2) is 0 Å². The fourth-order valence-corrected chi connectivity index (χ4v) is 5.35. The van der Waals surface area contributed by atoms with E-state index >= 15 is 0 Å². The summed E-state index contributed by atoms with van der Waals surface area (Å²) in [6, 6.07) is 10.0. The van der Waals surface area contributed by atoms with Crippen molar-refractivity contribution in [1.29, 1.82) is 0 Å². The fraction of sp³-hybridized carbons (Fsp3) is 0.517. The number of pyridine rings is 1. The van der Waals surface area contributed by atoms with E-state index in [-0.39, 0.29) is 23.8 Å². The van der Waals surface area contributed by atoms with Crippen molar-refractivity contribution in [1.82, 2.24) is 10.3 Å². The molecule has 6 nitrogen and oxygen atoms in total. The van der Waals surface area contributed by atoms with Gasteiger partial charge in [-0.3, -0.25) is 9.78 Å². The molecule has 2 aromatic rings. The lowest BCUT2D eigenvalue weighted by Crippen LogP contribution is -2.22. The highest BCUT2D eigenvalue weighted by Crippen LogP contribution is 2.52. The number of hydrogen-bond acceptors (Lipinski definition) is 5. The van der Waals surface area contributed by atoms with Crippen LogP contribution in [0.1, 0.15) is 74.5 Å². The zero-order valence-corrected chi connectivity index (χ0v) is 20.6. The molecule has 2 heterocycles. The van der Waals surface area contributed by atoms with Crippen LogP contribution >= 0.6 is 0 Å². The average molecular weight is 479 g/mol. The molecule has 1 saturated carbocycles. The van der Waals surface area contributed by atoms with Gasteiger partial charge in [0.05, 0.1) is 12.2 Å². The van der Waals surface area contributed by atoms with Crippen molar-refractivity contribution in [3.63, 3.8) is 0 Å². The molecule has 2 aliphatic rings. The number of ether oxygens (including phenoxy) is 1. The Morgan fingerprint density at radius 2 is 2.06 bits per heavy atom. The number of nitrogens with zero attached hydrogens (tertiary/aromatic N) is 1. The normalized spacial score (nSPS) is 23.6. The topological polar surface area (TPSA) is 91.7 Å². The summed E-state index contributed by atoms with van der Waals surface area (Å²) in [4.78, 5) is 16.3. The van der Waals surface area contributed by atoms with Crippen molar-refractivity contribution in [2.24, 2.45) is 5.92 Å². The summed E-state index contributed by atoms with van der Waals surface area (Å²) in [5, 5.41) is 24.0. The van der Waals surface area contributed by atoms with Gasteiger partial charge in [-0.1, -0.05) is 56.5 Å². The molecule has 1 amide bonds. The number of benzene rings is 1. The Labute approximate surface area is 208 Å². The molecule has 1 fully saturated rings. The third kappa shape index (κ3) is 6.50. The predicted molar refractivity (Wildman–Crippen MR) is 136 cm³/mol. The van der Waals surface area contributed by atoms with Gasteiger partial charge in [0.25, 0.3) is 0 Å². The highest BCUT2D eigenvalue weighted by atomic mass is 16.5. The molecule has 0 spiro atoms. The highest BCUT2D eigenvalue weighted by molar-refractivity contribution is 5.75. The molecule has 0 radical (unpaired) electrons. The highest BCUT2D eigenvalue weighted by Gasteiger charge is 2.48. The van der Waals surface area contributed by atoms with Gasteiger partial charge in [-0.25, -0.2) is 0 Å². The Morgan fingerprint density at radius 1 is 1.23 bits per heavy atom. The lowest BCUT2D eigenvalue weighted by molar-refractivity contribution is -0.121. The molecule has 0 bridgehead atoms. The van der Waals surface area contributed by atoms with Crippen molar-refractivity contribution >= 4 is 5.91 Å². The van der Waals surface area contributed by atoms with Gasteiger partial charge in [-0.2, -0.15) is 0 Å². The van der Waals surface area contributed by atoms with Crippen LogP contribution in [0.3, 0.4) is 0 Å². The Balaban J connectivity index is 1.33. The van der Waals surface area contributed by atoms with E-state index < -0.39 is 12.2 Å². The van der Waals surface area contributed by atoms with E-state index in [1.54, 1.807) is 12.4 Å². The zero-order valence-electron chi connectivity index (χ0n) is 20.6. The third-order valence-electron chi connectivity index (χ3n) is 7.24. The van der Waals surface area contributed by atoms with Gasteiger partial charge in [0, 0.05) is 49.2 Å². The predicted octanol–water partition coefficient (Wildman–Crippen LogP) is 4.44. The van der Waals surface area contributed by atoms with Crippen LogP contribution in [-0.4, -0.2) is 39.4 Å². The fourth-order valence-electron chi connectivity index (χ4n) is 5.35. The minimum atomic E-state index is -0.468. The lowest BCUT2D eigenvalue weighted by atomic mass is 9.86. The molecular formula is C29H38N2O4. The van der Waals surface area contributed by atoms with E-state index in [1.807, 2.05) is 24.3 Å². The summed E-state index contributed by atoms with van der Waals surface area (Å²) in [6.07, 6.45) is 12.9. The van der Waals surface area contributed by atoms with Gasteiger partial charge in [0.2, 0.25) is 5.91 Å². The summed E-state index contributed by atoms with van der Waals surface area (Å²) in [7, 11) is 0. The zero-order chi connectivity index (χ0) is 24.6. The summed E-state index contributed by atoms with van der Waals surface area (Å²) in [6.45, 7) is 2.67. The maximum absolute atomic E-state index is 12.3. The van der Waals surface area contributed by atoms with Gasteiger partial charge in [0.1, 0.15) is 11.9 Å². The molecule has 6 heteroatoms. The number of nitrogens with one attached hydrogen (secondary N) is 1. The number of aromatic nitrogens is 1. The van der Waals surface area contributed by atoms with Crippen LogP contribution in [-0.2, 0) is 17.8 Å². The van der Waals surface area contributed by atoms with Crippen LogP contribution in [0.25, 0.3) is 0 Å². The van der Waals surface area contributed by atoms with Crippen molar-refractivity contribution < 1.29 is 19.7 Å². The van der Waals surface area contributed by atoms with E-state index in [0.29, 0.717) is 19.4 Å². The lowest BCUT2D eigenvalue weighted by Gasteiger charge is -2.18. The molecule has 0 saturated heterocycles. The Kier molecular flexibility index (Phi) is 8.94. The molecule has 1 aliphatic carbocycles. The van der Waals surface area contributed by atoms with Crippen LogP contribution in [0, 0.1) is 5.92 Å². The van der Waals surface area contributed by atoms with Crippen molar-refractivity contribution in [3.05, 3.63) is 71.6 Å². The van der Waals surface area contributed by atoms with Crippen molar-refractivity contribution in [3.8, 4) is 5.75 Å². The number of para-hydroxylation sites is 1. The van der Waals surface area contributed by atoms with E-state index in [1.165, 1.54) is 0 Å². The smallest absolute Gasteiger partial charge is 0.220 e. The number of amides is 1. The molecule has 1 aromatic carbocycles. The maximum atomic E-state index is 12.3. The van der Waals surface area contributed by atoms with Gasteiger partial charge >= 0.3 is 0 Å². The van der Waals surface area contributed by atoms with Gasteiger partial charge < -0.3 is 20.3 Å². The van der Waals surface area contributed by atoms with Crippen LogP contribution in [0.2, 0.25) is 0 Å². The number of unbranched alkanes of at least 4 members (excludes halogenated alkanes) is 2. The number of aryl methyl sites for hydroxylation is 1. The molecular weight excluding hydrogens is 440 g/mol. The molecule has 35 heavy (non-hydrogen) atoms. The standard InChI is InChI=1S/C29H38N2O4/c1-2-3-4-9-22(32)12-13-23-25(33)18-26-28(23)24-10-5-7-21(29(24)35-26)8-6-11-27(34)31-19-20-14-16-30-17-15-20/h5,7,10,12-17,22-23,25-26,28,32-33H,2-4,6,8-9,11,18-19H2,1H3,(H,31,34)/b13-12+/t22-,23-,25+,26-,28-/m0/s1. The number of aliphatic hydroxyl groups is 2. The number of rotatable bonds is 12. The first-order valence-electron chi connectivity index (χ1n) is 13.0. The first-order valence-corrected chi connectivity index (χ1v) is 13.0. The number of hydrogen-bond donors (Lipinski definition) is 3. The summed E-state index contributed by atoms with van der Waals surface area (Å²) in [5.74, 6) is 1.01. The first-order chi connectivity index (χ1) is 17.1. The van der Waals surface area contributed by atoms with Gasteiger partial charge in [-0.15, -0.1) is 0 Å². The van der Waals surface area contributed by atoms with Gasteiger partial charge in [-0.05, 0) is 42.5 Å². The average Bonchev–Trinajstić information content (AvgIpc) is 3.37. The SMILES string of the molecule is CCCCC[C@H](O)/C=C/[C@@H]1[C@H]2c3cccc(CCCC(=O)NCc4ccncc4)c3O[C@H]2C[C@H]1O. The molecule has 4 rings (SSSR count). The second-order valence-electron chi connectivity index (χ2n) is 9.83. The van der Waals surface area contributed by atoms with Crippen LogP contribution in [0.5, 0.6) is 5.75 Å². The monoisotopic (exact) mass is 478 g/mol. The Hall–Kier alpha value is -2.70. The molecule has 3 N–H and O–H groups in total. The number of aliphatic hydroxyl groups excluding tert-OH is 2. The number of carbonyl (C=O) groups excluding carboxylic acids is 1. The second kappa shape index (κ2) is 12.3. The summed E-state index contributed by atoms with van der Waals surface area (Å²) in [5.41, 5.74) is 3.30. The minimum absolute atomic E-state index is 0.0398. The minimum Gasteiger partial charge on any atom is -0.489 e. The van der Waals surface area contributed by atoms with E-state index in [2.05, 4.69) is 35.4 Å². The summed E-state index contributed by atoms with van der Waals surface area (Å²) < 4.78 is 6.35. The van der Waals surface area contributed by atoms with Crippen LogP contribution in [0.4, 0.5) is 0 Å². The Bertz CT molecular complexity index is 993. The molecule has 0 unspecified atom stereocenters. The number of fused-ring (bicyclic) bond motifs is 3. The largest absolute Gasteiger partial charge is 0.489 e. The molecule has 188 valence electrons. The van der Waals surface area contributed by atoms with Crippen molar-refractivity contribution in [2.75, 3.05) is 0 Å². The van der Waals surface area contributed by atoms with Crippen LogP contribution in [0.15, 0.2) is 54.9 Å². The molecule has 1 aromatic heterocycles. The number of carbonyl (C=O) groups is 1. The van der Waals surface area contributed by atoms with E-state index in [0.717, 1.165) is 61.0 Å².